The fraction of sp³-hybridized carbons (Fsp3) is 0.300. The molecule has 2 aromatic carbocycles. The summed E-state index contributed by atoms with van der Waals surface area (Å²) in [7, 11) is 0. The van der Waals surface area contributed by atoms with Crippen molar-refractivity contribution in [3.63, 3.8) is 0 Å². The van der Waals surface area contributed by atoms with Crippen molar-refractivity contribution in [2.24, 2.45) is 0 Å². The van der Waals surface area contributed by atoms with Crippen LogP contribution in [0.3, 0.4) is 0 Å². The van der Waals surface area contributed by atoms with E-state index in [-0.39, 0.29) is 11.5 Å². The van der Waals surface area contributed by atoms with E-state index in [0.29, 0.717) is 5.69 Å². The van der Waals surface area contributed by atoms with E-state index in [0.717, 1.165) is 11.1 Å². The molecule has 0 fully saturated rings. The Hall–Kier alpha value is -2.62. The second-order valence-corrected chi connectivity index (χ2v) is 6.86. The highest BCUT2D eigenvalue weighted by Crippen LogP contribution is 2.29. The molecule has 4 nitrogen and oxygen atoms in total. The third-order valence-electron chi connectivity index (χ3n) is 3.84. The smallest absolute Gasteiger partial charge is 0.313 e. The zero-order chi connectivity index (χ0) is 17.7. The van der Waals surface area contributed by atoms with Gasteiger partial charge in [-0.25, -0.2) is 0 Å². The van der Waals surface area contributed by atoms with Crippen LogP contribution in [0.25, 0.3) is 0 Å². The second kappa shape index (κ2) is 7.30. The monoisotopic (exact) mass is 324 g/mol. The van der Waals surface area contributed by atoms with Gasteiger partial charge in [-0.05, 0) is 29.5 Å². The average molecular weight is 324 g/mol. The molecule has 0 radical (unpaired) electrons. The summed E-state index contributed by atoms with van der Waals surface area (Å²) in [5.74, 6) is -1.30. The van der Waals surface area contributed by atoms with Crippen molar-refractivity contribution < 1.29 is 9.59 Å². The molecule has 2 amide bonds. The molecule has 0 saturated carbocycles. The van der Waals surface area contributed by atoms with Crippen LogP contribution in [0.1, 0.15) is 44.9 Å². The van der Waals surface area contributed by atoms with Crippen LogP contribution in [0, 0.1) is 0 Å². The minimum Gasteiger partial charge on any atom is -0.341 e. The molecule has 4 heteroatoms. The van der Waals surface area contributed by atoms with Gasteiger partial charge in [-0.15, -0.1) is 0 Å². The summed E-state index contributed by atoms with van der Waals surface area (Å²) in [6, 6.07) is 16.8. The second-order valence-electron chi connectivity index (χ2n) is 6.86. The fourth-order valence-corrected chi connectivity index (χ4v) is 2.51. The number of nitrogens with one attached hydrogen (secondary N) is 2. The lowest BCUT2D eigenvalue weighted by Crippen LogP contribution is -2.37. The first-order valence-corrected chi connectivity index (χ1v) is 8.05. The first-order chi connectivity index (χ1) is 11.3. The number of rotatable bonds is 3. The van der Waals surface area contributed by atoms with Crippen LogP contribution < -0.4 is 10.6 Å². The van der Waals surface area contributed by atoms with Gasteiger partial charge in [0.25, 0.3) is 0 Å². The van der Waals surface area contributed by atoms with E-state index >= 15 is 0 Å². The first-order valence-electron chi connectivity index (χ1n) is 8.05. The zero-order valence-corrected chi connectivity index (χ0v) is 14.6. The summed E-state index contributed by atoms with van der Waals surface area (Å²) in [6.07, 6.45) is 0. The third kappa shape index (κ3) is 4.44. The number of hydrogen-bond acceptors (Lipinski definition) is 2. The van der Waals surface area contributed by atoms with Gasteiger partial charge < -0.3 is 10.6 Å². The molecule has 24 heavy (non-hydrogen) atoms. The molecule has 0 aromatic heterocycles. The lowest BCUT2D eigenvalue weighted by atomic mass is 9.86. The van der Waals surface area contributed by atoms with Crippen molar-refractivity contribution >= 4 is 17.5 Å². The molecule has 2 aromatic rings. The largest absolute Gasteiger partial charge is 0.341 e. The number of carbonyl (C=O) groups is 2. The predicted molar refractivity (Wildman–Crippen MR) is 96.8 cm³/mol. The predicted octanol–water partition coefficient (Wildman–Crippen LogP) is 3.80. The fourth-order valence-electron chi connectivity index (χ4n) is 2.51. The van der Waals surface area contributed by atoms with Crippen molar-refractivity contribution in [2.75, 3.05) is 5.32 Å². The molecule has 0 aliphatic rings. The van der Waals surface area contributed by atoms with Gasteiger partial charge in [0.05, 0.1) is 6.04 Å². The number of anilines is 1. The van der Waals surface area contributed by atoms with Gasteiger partial charge in [0.2, 0.25) is 0 Å². The van der Waals surface area contributed by atoms with Crippen LogP contribution in [-0.2, 0) is 15.0 Å². The van der Waals surface area contributed by atoms with E-state index in [9.17, 15) is 9.59 Å². The van der Waals surface area contributed by atoms with E-state index in [1.807, 2.05) is 61.5 Å². The minimum atomic E-state index is -0.658. The molecule has 2 rings (SSSR count). The average Bonchev–Trinajstić information content (AvgIpc) is 2.55. The van der Waals surface area contributed by atoms with Crippen molar-refractivity contribution in [1.29, 1.82) is 0 Å². The summed E-state index contributed by atoms with van der Waals surface area (Å²) in [6.45, 7) is 8.05. The number of para-hydroxylation sites is 1. The Balaban J connectivity index is 2.07. The summed E-state index contributed by atoms with van der Waals surface area (Å²) in [5.41, 5.74) is 2.48. The lowest BCUT2D eigenvalue weighted by molar-refractivity contribution is -0.136. The normalized spacial score (nSPS) is 12.3. The van der Waals surface area contributed by atoms with Gasteiger partial charge in [-0.2, -0.15) is 0 Å². The van der Waals surface area contributed by atoms with E-state index < -0.39 is 11.8 Å². The Morgan fingerprint density at radius 1 is 0.875 bits per heavy atom. The number of benzene rings is 2. The van der Waals surface area contributed by atoms with Gasteiger partial charge in [0.15, 0.2) is 0 Å². The van der Waals surface area contributed by atoms with Crippen LogP contribution in [-0.4, -0.2) is 11.8 Å². The highest BCUT2D eigenvalue weighted by molar-refractivity contribution is 6.39. The lowest BCUT2D eigenvalue weighted by Gasteiger charge is -2.23. The molecule has 0 saturated heterocycles. The van der Waals surface area contributed by atoms with Crippen LogP contribution in [0.5, 0.6) is 0 Å². The molecular formula is C20H24N2O2. The molecule has 1 atom stereocenters. The minimum absolute atomic E-state index is 0.127. The standard InChI is InChI=1S/C20H24N2O2/c1-14(15-10-6-5-7-11-15)21-18(23)19(24)22-17-13-9-8-12-16(17)20(2,3)4/h5-14H,1-4H3,(H,21,23)(H,22,24)/t14-/m1/s1. The molecule has 0 aliphatic carbocycles. The maximum absolute atomic E-state index is 12.2. The van der Waals surface area contributed by atoms with Gasteiger partial charge in [-0.3, -0.25) is 9.59 Å². The Kier molecular flexibility index (Phi) is 5.39. The maximum atomic E-state index is 12.2. The van der Waals surface area contributed by atoms with E-state index in [2.05, 4.69) is 31.4 Å². The Morgan fingerprint density at radius 2 is 1.46 bits per heavy atom. The highest BCUT2D eigenvalue weighted by Gasteiger charge is 2.22. The number of hydrogen-bond donors (Lipinski definition) is 2. The molecule has 0 aliphatic heterocycles. The number of carbonyl (C=O) groups excluding carboxylic acids is 2. The summed E-state index contributed by atoms with van der Waals surface area (Å²) < 4.78 is 0. The van der Waals surface area contributed by atoms with Crippen molar-refractivity contribution in [1.82, 2.24) is 5.32 Å². The molecular weight excluding hydrogens is 300 g/mol. The number of amides is 2. The molecule has 2 N–H and O–H groups in total. The van der Waals surface area contributed by atoms with Gasteiger partial charge in [0, 0.05) is 5.69 Å². The first kappa shape index (κ1) is 17.7. The van der Waals surface area contributed by atoms with E-state index in [4.69, 9.17) is 0 Å². The Bertz CT molecular complexity index is 718. The molecule has 0 spiro atoms. The van der Waals surface area contributed by atoms with Crippen molar-refractivity contribution in [2.45, 2.75) is 39.2 Å². The molecule has 126 valence electrons. The van der Waals surface area contributed by atoms with Crippen LogP contribution in [0.4, 0.5) is 5.69 Å². The van der Waals surface area contributed by atoms with Gasteiger partial charge in [0.1, 0.15) is 0 Å². The van der Waals surface area contributed by atoms with Crippen LogP contribution in [0.2, 0.25) is 0 Å². The van der Waals surface area contributed by atoms with Crippen LogP contribution >= 0.6 is 0 Å². The highest BCUT2D eigenvalue weighted by atomic mass is 16.2. The zero-order valence-electron chi connectivity index (χ0n) is 14.6. The van der Waals surface area contributed by atoms with Gasteiger partial charge >= 0.3 is 11.8 Å². The maximum Gasteiger partial charge on any atom is 0.313 e. The summed E-state index contributed by atoms with van der Waals surface area (Å²) in [5, 5.41) is 5.45. The SMILES string of the molecule is C[C@@H](NC(=O)C(=O)Nc1ccccc1C(C)(C)C)c1ccccc1. The van der Waals surface area contributed by atoms with Crippen molar-refractivity contribution in [3.05, 3.63) is 65.7 Å². The van der Waals surface area contributed by atoms with Gasteiger partial charge in [-0.1, -0.05) is 69.3 Å². The van der Waals surface area contributed by atoms with E-state index in [1.54, 1.807) is 0 Å². The quantitative estimate of drug-likeness (QED) is 0.844. The Labute approximate surface area is 143 Å². The topological polar surface area (TPSA) is 58.2 Å². The molecule has 0 unspecified atom stereocenters. The molecule has 0 heterocycles. The summed E-state index contributed by atoms with van der Waals surface area (Å²) in [4.78, 5) is 24.4. The van der Waals surface area contributed by atoms with Crippen molar-refractivity contribution in [3.8, 4) is 0 Å². The Morgan fingerprint density at radius 3 is 2.08 bits per heavy atom. The third-order valence-corrected chi connectivity index (χ3v) is 3.84. The van der Waals surface area contributed by atoms with E-state index in [1.165, 1.54) is 0 Å². The summed E-state index contributed by atoms with van der Waals surface area (Å²) >= 11 is 0. The molecule has 0 bridgehead atoms. The van der Waals surface area contributed by atoms with Crippen LogP contribution in [0.15, 0.2) is 54.6 Å².